The summed E-state index contributed by atoms with van der Waals surface area (Å²) in [5, 5.41) is 10.1. The van der Waals surface area contributed by atoms with E-state index in [-0.39, 0.29) is 5.75 Å². The molecule has 4 heteroatoms. The Hall–Kier alpha value is -2.75. The first kappa shape index (κ1) is 12.3. The summed E-state index contributed by atoms with van der Waals surface area (Å²) in [6.07, 6.45) is 5.23. The smallest absolute Gasteiger partial charge is 0.125 e. The summed E-state index contributed by atoms with van der Waals surface area (Å²) in [5.74, 6) is 0.877. The van der Waals surface area contributed by atoms with Gasteiger partial charge in [-0.2, -0.15) is 0 Å². The van der Waals surface area contributed by atoms with Crippen LogP contribution in [-0.2, 0) is 0 Å². The van der Waals surface area contributed by atoms with Crippen molar-refractivity contribution in [1.82, 2.24) is 15.0 Å². The molecule has 1 aromatic carbocycles. The van der Waals surface area contributed by atoms with Gasteiger partial charge in [-0.15, -0.1) is 0 Å². The van der Waals surface area contributed by atoms with Crippen LogP contribution >= 0.6 is 0 Å². The van der Waals surface area contributed by atoms with Gasteiger partial charge in [0.1, 0.15) is 11.6 Å². The highest BCUT2D eigenvalue weighted by molar-refractivity contribution is 5.82. The fourth-order valence-electron chi connectivity index (χ4n) is 2.09. The highest BCUT2D eigenvalue weighted by Crippen LogP contribution is 2.34. The molecule has 0 unspecified atom stereocenters. The molecule has 3 aromatic rings. The predicted octanol–water partition coefficient (Wildman–Crippen LogP) is 3.22. The zero-order chi connectivity index (χ0) is 13.9. The van der Waals surface area contributed by atoms with E-state index in [2.05, 4.69) is 15.0 Å². The molecule has 0 aliphatic carbocycles. The van der Waals surface area contributed by atoms with Crippen molar-refractivity contribution in [3.05, 3.63) is 60.8 Å². The van der Waals surface area contributed by atoms with Crippen molar-refractivity contribution in [3.8, 4) is 28.1 Å². The molecule has 0 aliphatic heterocycles. The summed E-state index contributed by atoms with van der Waals surface area (Å²) in [6.45, 7) is 1.83. The number of rotatable bonds is 2. The van der Waals surface area contributed by atoms with Crippen LogP contribution in [-0.4, -0.2) is 20.1 Å². The van der Waals surface area contributed by atoms with Crippen LogP contribution in [0.25, 0.3) is 22.4 Å². The lowest BCUT2D eigenvalue weighted by molar-refractivity contribution is 0.477. The largest absolute Gasteiger partial charge is 0.507 e. The number of hydrogen-bond acceptors (Lipinski definition) is 4. The Morgan fingerprint density at radius 3 is 2.45 bits per heavy atom. The highest BCUT2D eigenvalue weighted by atomic mass is 16.3. The quantitative estimate of drug-likeness (QED) is 0.771. The van der Waals surface area contributed by atoms with Crippen molar-refractivity contribution >= 4 is 0 Å². The first-order chi connectivity index (χ1) is 9.75. The molecule has 0 spiro atoms. The molecule has 2 heterocycles. The van der Waals surface area contributed by atoms with E-state index in [1.807, 2.05) is 31.2 Å². The molecule has 0 saturated carbocycles. The summed E-state index contributed by atoms with van der Waals surface area (Å²) < 4.78 is 0. The second kappa shape index (κ2) is 5.09. The molecule has 20 heavy (non-hydrogen) atoms. The second-order valence-corrected chi connectivity index (χ2v) is 4.43. The van der Waals surface area contributed by atoms with Crippen molar-refractivity contribution in [1.29, 1.82) is 0 Å². The average Bonchev–Trinajstić information content (AvgIpc) is 2.48. The van der Waals surface area contributed by atoms with Crippen LogP contribution < -0.4 is 0 Å². The molecule has 0 aliphatic rings. The van der Waals surface area contributed by atoms with Gasteiger partial charge in [-0.25, -0.2) is 9.97 Å². The van der Waals surface area contributed by atoms with Gasteiger partial charge in [0.25, 0.3) is 0 Å². The average molecular weight is 263 g/mol. The lowest BCUT2D eigenvalue weighted by Crippen LogP contribution is -1.95. The van der Waals surface area contributed by atoms with E-state index in [9.17, 15) is 5.11 Å². The van der Waals surface area contributed by atoms with Gasteiger partial charge in [0.05, 0.1) is 5.69 Å². The highest BCUT2D eigenvalue weighted by Gasteiger charge is 2.13. The maximum Gasteiger partial charge on any atom is 0.125 e. The summed E-state index contributed by atoms with van der Waals surface area (Å²) in [5.41, 5.74) is 3.27. The van der Waals surface area contributed by atoms with E-state index in [1.54, 1.807) is 30.7 Å². The van der Waals surface area contributed by atoms with Gasteiger partial charge in [-0.05, 0) is 36.8 Å². The van der Waals surface area contributed by atoms with Crippen LogP contribution in [0.4, 0.5) is 0 Å². The first-order valence-electron chi connectivity index (χ1n) is 6.28. The normalized spacial score (nSPS) is 10.4. The van der Waals surface area contributed by atoms with Gasteiger partial charge in [0.15, 0.2) is 0 Å². The number of phenolic OH excluding ortho intramolecular Hbond substituents is 1. The molecule has 0 fully saturated rings. The molecule has 0 radical (unpaired) electrons. The summed E-state index contributed by atoms with van der Waals surface area (Å²) in [4.78, 5) is 12.8. The molecule has 98 valence electrons. The minimum atomic E-state index is 0.209. The molecular weight excluding hydrogens is 250 g/mol. The molecule has 3 rings (SSSR count). The van der Waals surface area contributed by atoms with Gasteiger partial charge >= 0.3 is 0 Å². The number of para-hydroxylation sites is 1. The number of nitrogens with zero attached hydrogens (tertiary/aromatic N) is 3. The van der Waals surface area contributed by atoms with Crippen LogP contribution in [0.3, 0.4) is 0 Å². The van der Waals surface area contributed by atoms with Crippen LogP contribution in [0.15, 0.2) is 55.0 Å². The van der Waals surface area contributed by atoms with Crippen molar-refractivity contribution in [2.45, 2.75) is 6.92 Å². The Morgan fingerprint density at radius 2 is 1.70 bits per heavy atom. The lowest BCUT2D eigenvalue weighted by atomic mass is 10.0. The van der Waals surface area contributed by atoms with Gasteiger partial charge in [0, 0.05) is 29.7 Å². The topological polar surface area (TPSA) is 58.9 Å². The van der Waals surface area contributed by atoms with E-state index in [1.165, 1.54) is 0 Å². The third-order valence-electron chi connectivity index (χ3n) is 3.06. The zero-order valence-electron chi connectivity index (χ0n) is 11.0. The molecule has 1 N–H and O–H groups in total. The number of aromatic nitrogens is 3. The van der Waals surface area contributed by atoms with Crippen LogP contribution in [0.5, 0.6) is 5.75 Å². The predicted molar refractivity (Wildman–Crippen MR) is 77.1 cm³/mol. The van der Waals surface area contributed by atoms with Crippen LogP contribution in [0, 0.1) is 6.92 Å². The Balaban J connectivity index is 2.25. The maximum atomic E-state index is 10.1. The Morgan fingerprint density at radius 1 is 0.950 bits per heavy atom. The number of pyridine rings is 1. The lowest BCUT2D eigenvalue weighted by Gasteiger charge is -2.10. The zero-order valence-corrected chi connectivity index (χ0v) is 11.0. The number of phenols is 1. The van der Waals surface area contributed by atoms with Gasteiger partial charge < -0.3 is 5.11 Å². The van der Waals surface area contributed by atoms with Gasteiger partial charge in [0.2, 0.25) is 0 Å². The molecule has 0 amide bonds. The SMILES string of the molecule is Cc1ncc(-c2ccncc2)c(-c2ccccc2O)n1. The molecular formula is C16H13N3O. The minimum Gasteiger partial charge on any atom is -0.507 e. The molecule has 4 nitrogen and oxygen atoms in total. The summed E-state index contributed by atoms with van der Waals surface area (Å²) in [7, 11) is 0. The van der Waals surface area contributed by atoms with Gasteiger partial charge in [-0.1, -0.05) is 12.1 Å². The van der Waals surface area contributed by atoms with Gasteiger partial charge in [-0.3, -0.25) is 4.98 Å². The maximum absolute atomic E-state index is 10.1. The van der Waals surface area contributed by atoms with E-state index in [4.69, 9.17) is 0 Å². The summed E-state index contributed by atoms with van der Waals surface area (Å²) >= 11 is 0. The first-order valence-corrected chi connectivity index (χ1v) is 6.28. The fourth-order valence-corrected chi connectivity index (χ4v) is 2.09. The number of aromatic hydroxyl groups is 1. The standard InChI is InChI=1S/C16H13N3O/c1-11-18-10-14(12-6-8-17-9-7-12)16(19-11)13-4-2-3-5-15(13)20/h2-10,20H,1H3. The Labute approximate surface area is 116 Å². The van der Waals surface area contributed by atoms with Crippen LogP contribution in [0.1, 0.15) is 5.82 Å². The Bertz CT molecular complexity index is 742. The fraction of sp³-hybridized carbons (Fsp3) is 0.0625. The van der Waals surface area contributed by atoms with E-state index >= 15 is 0 Å². The molecule has 2 aromatic heterocycles. The monoisotopic (exact) mass is 263 g/mol. The summed E-state index contributed by atoms with van der Waals surface area (Å²) in [6, 6.07) is 11.0. The van der Waals surface area contributed by atoms with Crippen molar-refractivity contribution in [3.63, 3.8) is 0 Å². The van der Waals surface area contributed by atoms with Crippen LogP contribution in [0.2, 0.25) is 0 Å². The third kappa shape index (κ3) is 2.23. The number of aryl methyl sites for hydroxylation is 1. The molecule has 0 saturated heterocycles. The van der Waals surface area contributed by atoms with E-state index in [0.717, 1.165) is 16.8 Å². The molecule has 0 atom stereocenters. The van der Waals surface area contributed by atoms with E-state index < -0.39 is 0 Å². The number of benzene rings is 1. The second-order valence-electron chi connectivity index (χ2n) is 4.43. The van der Waals surface area contributed by atoms with Crippen molar-refractivity contribution < 1.29 is 5.11 Å². The van der Waals surface area contributed by atoms with Crippen molar-refractivity contribution in [2.24, 2.45) is 0 Å². The Kier molecular flexibility index (Phi) is 3.13. The van der Waals surface area contributed by atoms with E-state index in [0.29, 0.717) is 11.4 Å². The number of hydrogen-bond donors (Lipinski definition) is 1. The third-order valence-corrected chi connectivity index (χ3v) is 3.06. The van der Waals surface area contributed by atoms with Crippen molar-refractivity contribution in [2.75, 3.05) is 0 Å². The molecule has 0 bridgehead atoms. The minimum absolute atomic E-state index is 0.209.